The largest absolute Gasteiger partial charge is 0.496 e. The fraction of sp³-hybridized carbons (Fsp3) is 0.227. The topological polar surface area (TPSA) is 33.0 Å². The summed E-state index contributed by atoms with van der Waals surface area (Å²) in [5.41, 5.74) is 5.59. The molecule has 0 atom stereocenters. The minimum atomic E-state index is 0.877. The van der Waals surface area contributed by atoms with E-state index in [0.29, 0.717) is 0 Å². The van der Waals surface area contributed by atoms with Crippen LogP contribution in [0.5, 0.6) is 5.75 Å². The molecule has 1 aliphatic rings. The van der Waals surface area contributed by atoms with Gasteiger partial charge in [0.15, 0.2) is 0 Å². The third-order valence-corrected chi connectivity index (χ3v) is 4.44. The Morgan fingerprint density at radius 1 is 1.04 bits per heavy atom. The van der Waals surface area contributed by atoms with Crippen molar-refractivity contribution >= 4 is 11.6 Å². The first-order valence-corrected chi connectivity index (χ1v) is 8.35. The van der Waals surface area contributed by atoms with Crippen molar-refractivity contribution in [3.8, 4) is 11.8 Å². The van der Waals surface area contributed by atoms with Gasteiger partial charge in [-0.3, -0.25) is 0 Å². The minimum Gasteiger partial charge on any atom is -0.496 e. The Balaban J connectivity index is 2.06. The summed E-state index contributed by atoms with van der Waals surface area (Å²) in [5, 5.41) is 9.20. The lowest BCUT2D eigenvalue weighted by Crippen LogP contribution is -1.93. The molecule has 24 heavy (non-hydrogen) atoms. The molecule has 0 radical (unpaired) electrons. The van der Waals surface area contributed by atoms with Gasteiger partial charge in [0.2, 0.25) is 0 Å². The van der Waals surface area contributed by atoms with Crippen LogP contribution in [-0.4, -0.2) is 7.11 Å². The number of benzene rings is 2. The van der Waals surface area contributed by atoms with Crippen LogP contribution in [0.1, 0.15) is 42.4 Å². The van der Waals surface area contributed by atoms with E-state index >= 15 is 0 Å². The standard InChI is InChI=1S/C22H21NO/c1-24-22-12-11-19(16-20(22)15-17-7-5-6-8-17)21(13-14-23)18-9-3-2-4-10-18/h2-4,9-13,15-16H,5-8H2,1H3. The van der Waals surface area contributed by atoms with E-state index in [2.05, 4.69) is 18.2 Å². The second-order valence-electron chi connectivity index (χ2n) is 6.02. The van der Waals surface area contributed by atoms with Gasteiger partial charge in [0.05, 0.1) is 13.2 Å². The zero-order valence-electron chi connectivity index (χ0n) is 14.0. The fourth-order valence-corrected chi connectivity index (χ4v) is 3.22. The first-order chi connectivity index (χ1) is 11.8. The Morgan fingerprint density at radius 2 is 1.79 bits per heavy atom. The summed E-state index contributed by atoms with van der Waals surface area (Å²) < 4.78 is 5.53. The molecule has 0 N–H and O–H groups in total. The van der Waals surface area contributed by atoms with E-state index in [9.17, 15) is 5.26 Å². The van der Waals surface area contributed by atoms with Crippen LogP contribution in [0.2, 0.25) is 0 Å². The second-order valence-corrected chi connectivity index (χ2v) is 6.02. The number of rotatable bonds is 4. The van der Waals surface area contributed by atoms with Crippen molar-refractivity contribution in [1.82, 2.24) is 0 Å². The molecule has 0 bridgehead atoms. The van der Waals surface area contributed by atoms with E-state index in [4.69, 9.17) is 4.74 Å². The summed E-state index contributed by atoms with van der Waals surface area (Å²) in [6, 6.07) is 18.3. The quantitative estimate of drug-likeness (QED) is 0.687. The zero-order chi connectivity index (χ0) is 16.8. The summed E-state index contributed by atoms with van der Waals surface area (Å²) >= 11 is 0. The number of hydrogen-bond donors (Lipinski definition) is 0. The van der Waals surface area contributed by atoms with Crippen LogP contribution in [0.4, 0.5) is 0 Å². The lowest BCUT2D eigenvalue weighted by Gasteiger charge is -2.12. The van der Waals surface area contributed by atoms with E-state index in [1.54, 1.807) is 13.2 Å². The van der Waals surface area contributed by atoms with E-state index < -0.39 is 0 Å². The van der Waals surface area contributed by atoms with E-state index in [1.165, 1.54) is 31.3 Å². The van der Waals surface area contributed by atoms with E-state index in [0.717, 1.165) is 28.0 Å². The Labute approximate surface area is 143 Å². The smallest absolute Gasteiger partial charge is 0.126 e. The number of allylic oxidation sites excluding steroid dienone is 2. The van der Waals surface area contributed by atoms with Crippen molar-refractivity contribution in [2.45, 2.75) is 25.7 Å². The van der Waals surface area contributed by atoms with Crippen molar-refractivity contribution in [3.63, 3.8) is 0 Å². The molecule has 2 aromatic rings. The predicted molar refractivity (Wildman–Crippen MR) is 98.6 cm³/mol. The fourth-order valence-electron chi connectivity index (χ4n) is 3.22. The third-order valence-electron chi connectivity index (χ3n) is 4.44. The van der Waals surface area contributed by atoms with Crippen LogP contribution >= 0.6 is 0 Å². The number of ether oxygens (including phenoxy) is 1. The van der Waals surface area contributed by atoms with E-state index in [1.807, 2.05) is 42.5 Å². The predicted octanol–water partition coefficient (Wildman–Crippen LogP) is 5.61. The van der Waals surface area contributed by atoms with Crippen molar-refractivity contribution in [1.29, 1.82) is 5.26 Å². The highest BCUT2D eigenvalue weighted by atomic mass is 16.5. The highest BCUT2D eigenvalue weighted by Crippen LogP contribution is 2.32. The number of hydrogen-bond acceptors (Lipinski definition) is 2. The molecule has 0 unspecified atom stereocenters. The van der Waals surface area contributed by atoms with Gasteiger partial charge >= 0.3 is 0 Å². The summed E-state index contributed by atoms with van der Waals surface area (Å²) in [6.07, 6.45) is 8.77. The second kappa shape index (κ2) is 7.66. The van der Waals surface area contributed by atoms with Gasteiger partial charge < -0.3 is 4.74 Å². The molecule has 0 spiro atoms. The van der Waals surface area contributed by atoms with Gasteiger partial charge in [0.1, 0.15) is 5.75 Å². The molecular weight excluding hydrogens is 294 g/mol. The van der Waals surface area contributed by atoms with Crippen LogP contribution in [0.15, 0.2) is 60.2 Å². The SMILES string of the molecule is COc1ccc(C(=CC#N)c2ccccc2)cc1C=C1CCCC1. The average Bonchev–Trinajstić information content (AvgIpc) is 3.13. The molecule has 120 valence electrons. The Kier molecular flexibility index (Phi) is 5.13. The summed E-state index contributed by atoms with van der Waals surface area (Å²) in [5.74, 6) is 0.877. The van der Waals surface area contributed by atoms with Gasteiger partial charge in [-0.2, -0.15) is 5.26 Å². The molecule has 0 saturated heterocycles. The Morgan fingerprint density at radius 3 is 2.46 bits per heavy atom. The molecule has 0 amide bonds. The molecule has 1 aliphatic carbocycles. The molecule has 1 saturated carbocycles. The summed E-state index contributed by atoms with van der Waals surface area (Å²) in [6.45, 7) is 0. The first-order valence-electron chi connectivity index (χ1n) is 8.35. The number of nitriles is 1. The maximum Gasteiger partial charge on any atom is 0.126 e. The number of nitrogens with zero attached hydrogens (tertiary/aromatic N) is 1. The molecule has 0 aliphatic heterocycles. The maximum absolute atomic E-state index is 9.20. The summed E-state index contributed by atoms with van der Waals surface area (Å²) in [7, 11) is 1.70. The van der Waals surface area contributed by atoms with Crippen LogP contribution in [0, 0.1) is 11.3 Å². The lowest BCUT2D eigenvalue weighted by molar-refractivity contribution is 0.414. The monoisotopic (exact) mass is 315 g/mol. The third kappa shape index (κ3) is 3.58. The van der Waals surface area contributed by atoms with Crippen molar-refractivity contribution in [2.75, 3.05) is 7.11 Å². The van der Waals surface area contributed by atoms with E-state index in [-0.39, 0.29) is 0 Å². The highest BCUT2D eigenvalue weighted by molar-refractivity contribution is 5.83. The van der Waals surface area contributed by atoms with Gasteiger partial charge in [-0.1, -0.05) is 48.0 Å². The first kappa shape index (κ1) is 16.1. The Bertz CT molecular complexity index is 802. The molecular formula is C22H21NO. The molecule has 2 nitrogen and oxygen atoms in total. The van der Waals surface area contributed by atoms with Gasteiger partial charge in [-0.05, 0) is 54.5 Å². The lowest BCUT2D eigenvalue weighted by atomic mass is 9.95. The van der Waals surface area contributed by atoms with Crippen molar-refractivity contribution in [2.24, 2.45) is 0 Å². The van der Waals surface area contributed by atoms with Crippen LogP contribution in [-0.2, 0) is 0 Å². The molecule has 3 rings (SSSR count). The van der Waals surface area contributed by atoms with Crippen LogP contribution in [0.3, 0.4) is 0 Å². The normalized spacial score (nSPS) is 14.3. The number of methoxy groups -OCH3 is 1. The van der Waals surface area contributed by atoms with Crippen molar-refractivity contribution in [3.05, 3.63) is 76.9 Å². The van der Waals surface area contributed by atoms with Gasteiger partial charge in [0.25, 0.3) is 0 Å². The maximum atomic E-state index is 9.20. The molecule has 2 heteroatoms. The average molecular weight is 315 g/mol. The molecule has 0 heterocycles. The molecule has 0 aromatic heterocycles. The highest BCUT2D eigenvalue weighted by Gasteiger charge is 2.11. The van der Waals surface area contributed by atoms with Gasteiger partial charge in [0, 0.05) is 11.6 Å². The van der Waals surface area contributed by atoms with Crippen molar-refractivity contribution < 1.29 is 4.74 Å². The van der Waals surface area contributed by atoms with Crippen LogP contribution in [0.25, 0.3) is 11.6 Å². The van der Waals surface area contributed by atoms with Gasteiger partial charge in [-0.15, -0.1) is 0 Å². The molecule has 2 aromatic carbocycles. The van der Waals surface area contributed by atoms with Gasteiger partial charge in [-0.25, -0.2) is 0 Å². The van der Waals surface area contributed by atoms with Crippen LogP contribution < -0.4 is 4.74 Å². The zero-order valence-corrected chi connectivity index (χ0v) is 14.0. The molecule has 1 fully saturated rings. The Hall–Kier alpha value is -2.79. The minimum absolute atomic E-state index is 0.877. The summed E-state index contributed by atoms with van der Waals surface area (Å²) in [4.78, 5) is 0.